The second-order valence-corrected chi connectivity index (χ2v) is 7.81. The molecule has 134 valence electrons. The number of amides is 1. The van der Waals surface area contributed by atoms with Gasteiger partial charge >= 0.3 is 0 Å². The molecule has 0 aliphatic carbocycles. The van der Waals surface area contributed by atoms with Crippen molar-refractivity contribution in [1.82, 2.24) is 14.9 Å². The molecule has 4 nitrogen and oxygen atoms in total. The summed E-state index contributed by atoms with van der Waals surface area (Å²) in [6.07, 6.45) is 6.63. The molecule has 2 N–H and O–H groups in total. The van der Waals surface area contributed by atoms with E-state index in [9.17, 15) is 4.79 Å². The van der Waals surface area contributed by atoms with Crippen molar-refractivity contribution in [3.63, 3.8) is 0 Å². The normalized spacial score (nSPS) is 21.9. The van der Waals surface area contributed by atoms with Crippen molar-refractivity contribution in [1.29, 1.82) is 0 Å². The molecule has 4 heterocycles. The number of aryl methyl sites for hydroxylation is 2. The first-order chi connectivity index (χ1) is 13.3. The molecule has 6 rings (SSSR count). The molecule has 1 amide bonds. The summed E-state index contributed by atoms with van der Waals surface area (Å²) in [5.74, 6) is 0.160. The summed E-state index contributed by atoms with van der Waals surface area (Å²) in [7, 11) is 0. The van der Waals surface area contributed by atoms with Crippen molar-refractivity contribution < 1.29 is 4.79 Å². The highest BCUT2D eigenvalue weighted by Crippen LogP contribution is 2.43. The number of fused-ring (bicyclic) bond motifs is 1. The Morgan fingerprint density at radius 2 is 1.89 bits per heavy atom. The first kappa shape index (κ1) is 15.1. The van der Waals surface area contributed by atoms with Gasteiger partial charge in [0.05, 0.1) is 11.4 Å². The summed E-state index contributed by atoms with van der Waals surface area (Å²) in [6, 6.07) is 14.9. The van der Waals surface area contributed by atoms with Crippen LogP contribution in [0.1, 0.15) is 34.9 Å². The number of carbonyl (C=O) groups excluding carboxylic acids is 1. The molecule has 0 bridgehead atoms. The third-order valence-electron chi connectivity index (χ3n) is 6.39. The van der Waals surface area contributed by atoms with Crippen LogP contribution in [0.4, 0.5) is 0 Å². The average molecular weight is 355 g/mol. The molecule has 27 heavy (non-hydrogen) atoms. The Balaban J connectivity index is 1.55. The number of hydrogen-bond donors (Lipinski definition) is 2. The van der Waals surface area contributed by atoms with Crippen LogP contribution in [0, 0.1) is 0 Å². The number of benzene rings is 2. The molecule has 1 saturated heterocycles. The minimum absolute atomic E-state index is 0.138. The SMILES string of the molecule is O=C1NC[C@H](c2c[nH]c3ccccc23)[C@@H]1c1cn2c3c(cccc13)CCC2. The number of aromatic nitrogens is 2. The van der Waals surface area contributed by atoms with Crippen LogP contribution in [0.2, 0.25) is 0 Å². The Morgan fingerprint density at radius 3 is 2.85 bits per heavy atom. The fraction of sp³-hybridized carbons (Fsp3) is 0.261. The molecule has 2 atom stereocenters. The third kappa shape index (κ3) is 2.07. The van der Waals surface area contributed by atoms with E-state index >= 15 is 0 Å². The van der Waals surface area contributed by atoms with Gasteiger partial charge in [-0.05, 0) is 35.6 Å². The summed E-state index contributed by atoms with van der Waals surface area (Å²) in [4.78, 5) is 16.3. The van der Waals surface area contributed by atoms with Gasteiger partial charge in [-0.15, -0.1) is 0 Å². The summed E-state index contributed by atoms with van der Waals surface area (Å²) in [5, 5.41) is 5.60. The van der Waals surface area contributed by atoms with Crippen LogP contribution in [0.25, 0.3) is 21.8 Å². The molecule has 1 fully saturated rings. The zero-order chi connectivity index (χ0) is 18.0. The lowest BCUT2D eigenvalue weighted by Gasteiger charge is -2.16. The molecule has 2 aromatic carbocycles. The standard InChI is InChI=1S/C23H21N3O/c27-23-21(18(12-25-23)17-11-24-20-9-2-1-7-15(17)20)19-13-26-10-4-6-14-5-3-8-16(19)22(14)26/h1-3,5,7-9,11,13,18,21,24H,4,6,10,12H2,(H,25,27)/t18-,21-/m1/s1. The minimum atomic E-state index is -0.138. The summed E-state index contributed by atoms with van der Waals surface area (Å²) in [5.41, 5.74) is 6.29. The number of nitrogens with zero attached hydrogens (tertiary/aromatic N) is 1. The maximum absolute atomic E-state index is 12.9. The largest absolute Gasteiger partial charge is 0.361 e. The zero-order valence-corrected chi connectivity index (χ0v) is 15.0. The van der Waals surface area contributed by atoms with E-state index < -0.39 is 0 Å². The molecule has 4 heteroatoms. The van der Waals surface area contributed by atoms with E-state index in [0.29, 0.717) is 6.54 Å². The smallest absolute Gasteiger partial charge is 0.228 e. The Hall–Kier alpha value is -3.01. The highest BCUT2D eigenvalue weighted by atomic mass is 16.2. The van der Waals surface area contributed by atoms with E-state index in [4.69, 9.17) is 0 Å². The number of hydrogen-bond acceptors (Lipinski definition) is 1. The van der Waals surface area contributed by atoms with Crippen molar-refractivity contribution in [2.24, 2.45) is 0 Å². The fourth-order valence-electron chi connectivity index (χ4n) is 5.20. The van der Waals surface area contributed by atoms with Crippen LogP contribution in [-0.4, -0.2) is 22.0 Å². The van der Waals surface area contributed by atoms with Gasteiger partial charge in [-0.3, -0.25) is 4.79 Å². The Kier molecular flexibility index (Phi) is 3.07. The number of rotatable bonds is 2. The molecule has 0 spiro atoms. The Morgan fingerprint density at radius 1 is 1.00 bits per heavy atom. The maximum Gasteiger partial charge on any atom is 0.228 e. The van der Waals surface area contributed by atoms with Crippen LogP contribution in [0.5, 0.6) is 0 Å². The van der Waals surface area contributed by atoms with Gasteiger partial charge in [0.15, 0.2) is 0 Å². The lowest BCUT2D eigenvalue weighted by atomic mass is 9.83. The van der Waals surface area contributed by atoms with Gasteiger partial charge in [0.2, 0.25) is 5.91 Å². The lowest BCUT2D eigenvalue weighted by molar-refractivity contribution is -0.120. The third-order valence-corrected chi connectivity index (χ3v) is 6.39. The van der Waals surface area contributed by atoms with E-state index in [1.807, 2.05) is 6.07 Å². The zero-order valence-electron chi connectivity index (χ0n) is 15.0. The molecular weight excluding hydrogens is 334 g/mol. The van der Waals surface area contributed by atoms with Gasteiger partial charge in [-0.1, -0.05) is 36.4 Å². The van der Waals surface area contributed by atoms with Gasteiger partial charge in [0.25, 0.3) is 0 Å². The van der Waals surface area contributed by atoms with Crippen LogP contribution >= 0.6 is 0 Å². The first-order valence-corrected chi connectivity index (χ1v) is 9.75. The summed E-state index contributed by atoms with van der Waals surface area (Å²) >= 11 is 0. The highest BCUT2D eigenvalue weighted by Gasteiger charge is 2.39. The minimum Gasteiger partial charge on any atom is -0.361 e. The molecular formula is C23H21N3O. The van der Waals surface area contributed by atoms with Crippen LogP contribution in [0.15, 0.2) is 54.9 Å². The molecule has 2 aliphatic heterocycles. The number of nitrogens with one attached hydrogen (secondary N) is 2. The Labute approximate surface area is 157 Å². The quantitative estimate of drug-likeness (QED) is 0.560. The van der Waals surface area contributed by atoms with Crippen molar-refractivity contribution in [2.45, 2.75) is 31.2 Å². The van der Waals surface area contributed by atoms with Gasteiger partial charge in [-0.25, -0.2) is 0 Å². The fourth-order valence-corrected chi connectivity index (χ4v) is 5.20. The van der Waals surface area contributed by atoms with Crippen molar-refractivity contribution in [2.75, 3.05) is 6.54 Å². The number of carbonyl (C=O) groups is 1. The van der Waals surface area contributed by atoms with Gasteiger partial charge in [0, 0.05) is 47.7 Å². The van der Waals surface area contributed by atoms with E-state index in [-0.39, 0.29) is 17.7 Å². The van der Waals surface area contributed by atoms with Crippen molar-refractivity contribution in [3.8, 4) is 0 Å². The van der Waals surface area contributed by atoms with Crippen LogP contribution in [-0.2, 0) is 17.8 Å². The van der Waals surface area contributed by atoms with Gasteiger partial charge in [-0.2, -0.15) is 0 Å². The average Bonchev–Trinajstić information content (AvgIpc) is 3.38. The van der Waals surface area contributed by atoms with Crippen molar-refractivity contribution in [3.05, 3.63) is 71.5 Å². The van der Waals surface area contributed by atoms with Crippen LogP contribution < -0.4 is 5.32 Å². The Bertz CT molecular complexity index is 1200. The van der Waals surface area contributed by atoms with Crippen LogP contribution in [0.3, 0.4) is 0 Å². The second-order valence-electron chi connectivity index (χ2n) is 7.81. The highest BCUT2D eigenvalue weighted by molar-refractivity contribution is 5.97. The predicted molar refractivity (Wildman–Crippen MR) is 107 cm³/mol. The maximum atomic E-state index is 12.9. The number of H-pyrrole nitrogens is 1. The topological polar surface area (TPSA) is 49.8 Å². The molecule has 4 aromatic rings. The molecule has 0 saturated carbocycles. The first-order valence-electron chi connectivity index (χ1n) is 9.75. The number of aromatic amines is 1. The van der Waals surface area contributed by atoms with Crippen molar-refractivity contribution >= 4 is 27.7 Å². The summed E-state index contributed by atoms with van der Waals surface area (Å²) in [6.45, 7) is 1.73. The van der Waals surface area contributed by atoms with Gasteiger partial charge < -0.3 is 14.9 Å². The van der Waals surface area contributed by atoms with Gasteiger partial charge in [0.1, 0.15) is 0 Å². The second kappa shape index (κ2) is 5.49. The lowest BCUT2D eigenvalue weighted by Crippen LogP contribution is -2.18. The van der Waals surface area contributed by atoms with E-state index in [1.54, 1.807) is 0 Å². The predicted octanol–water partition coefficient (Wildman–Crippen LogP) is 4.07. The molecule has 2 aliphatic rings. The molecule has 0 unspecified atom stereocenters. The molecule has 0 radical (unpaired) electrons. The van der Waals surface area contributed by atoms with E-state index in [2.05, 4.69) is 63.7 Å². The van der Waals surface area contributed by atoms with E-state index in [0.717, 1.165) is 18.5 Å². The summed E-state index contributed by atoms with van der Waals surface area (Å²) < 4.78 is 2.36. The van der Waals surface area contributed by atoms with E-state index in [1.165, 1.54) is 39.4 Å². The molecule has 2 aromatic heterocycles. The number of para-hydroxylation sites is 2. The monoisotopic (exact) mass is 355 g/mol.